The summed E-state index contributed by atoms with van der Waals surface area (Å²) >= 11 is 1.68. The molecule has 3 heteroatoms. The maximum atomic E-state index is 12.4. The Balaban J connectivity index is 1.47. The van der Waals surface area contributed by atoms with Crippen LogP contribution in [0.5, 0.6) is 0 Å². The van der Waals surface area contributed by atoms with Gasteiger partial charge >= 0.3 is 0 Å². The summed E-state index contributed by atoms with van der Waals surface area (Å²) in [5.41, 5.74) is 2.89. The van der Waals surface area contributed by atoms with Crippen LogP contribution in [0.1, 0.15) is 58.4 Å². The lowest BCUT2D eigenvalue weighted by Gasteiger charge is -2.09. The van der Waals surface area contributed by atoms with Crippen LogP contribution in [0.2, 0.25) is 0 Å². The Labute approximate surface area is 146 Å². The molecule has 0 saturated heterocycles. The summed E-state index contributed by atoms with van der Waals surface area (Å²) in [5, 5.41) is 0. The Morgan fingerprint density at radius 3 is 2.38 bits per heavy atom. The van der Waals surface area contributed by atoms with E-state index in [1.165, 1.54) is 12.8 Å². The fourth-order valence-electron chi connectivity index (χ4n) is 3.74. The average Bonchev–Trinajstić information content (AvgIpc) is 3.25. The highest BCUT2D eigenvalue weighted by molar-refractivity contribution is 7.99. The first-order valence-corrected chi connectivity index (χ1v) is 9.50. The van der Waals surface area contributed by atoms with Crippen molar-refractivity contribution in [3.05, 3.63) is 59.2 Å². The molecule has 4 rings (SSSR count). The Hall–Kier alpha value is -1.87. The number of hydrogen-bond acceptors (Lipinski definition) is 3. The van der Waals surface area contributed by atoms with Gasteiger partial charge in [-0.15, -0.1) is 0 Å². The van der Waals surface area contributed by atoms with Crippen LogP contribution < -0.4 is 0 Å². The summed E-state index contributed by atoms with van der Waals surface area (Å²) in [4.78, 5) is 26.4. The van der Waals surface area contributed by atoms with Crippen LogP contribution in [0.3, 0.4) is 0 Å². The highest BCUT2D eigenvalue weighted by Gasteiger charge is 2.23. The van der Waals surface area contributed by atoms with Crippen molar-refractivity contribution in [1.82, 2.24) is 0 Å². The van der Waals surface area contributed by atoms with Gasteiger partial charge in [-0.3, -0.25) is 9.59 Å². The van der Waals surface area contributed by atoms with E-state index in [4.69, 9.17) is 0 Å². The van der Waals surface area contributed by atoms with Gasteiger partial charge in [0.1, 0.15) is 0 Å². The number of Topliss-reactive ketones (excluding diaryl/α,β-unsaturated/α-hetero) is 2. The number of hydrogen-bond donors (Lipinski definition) is 0. The normalized spacial score (nSPS) is 17.2. The van der Waals surface area contributed by atoms with Crippen molar-refractivity contribution in [3.63, 3.8) is 0 Å². The highest BCUT2D eigenvalue weighted by Crippen LogP contribution is 2.33. The minimum atomic E-state index is 0.234. The molecule has 0 spiro atoms. The zero-order chi connectivity index (χ0) is 16.5. The molecule has 2 aromatic rings. The first-order chi connectivity index (χ1) is 11.7. The van der Waals surface area contributed by atoms with E-state index in [0.29, 0.717) is 12.2 Å². The van der Waals surface area contributed by atoms with Crippen LogP contribution in [-0.4, -0.2) is 11.6 Å². The zero-order valence-electron chi connectivity index (χ0n) is 13.6. The molecule has 0 N–H and O–H groups in total. The Bertz CT molecular complexity index is 786. The molecule has 1 saturated carbocycles. The maximum absolute atomic E-state index is 12.4. The van der Waals surface area contributed by atoms with Gasteiger partial charge in [0.15, 0.2) is 11.6 Å². The molecule has 0 aromatic heterocycles. The number of carbonyl (C=O) groups excluding carboxylic acids is 2. The second kappa shape index (κ2) is 6.56. The lowest BCUT2D eigenvalue weighted by molar-refractivity contribution is 0.0922. The van der Waals surface area contributed by atoms with Gasteiger partial charge in [0.2, 0.25) is 0 Å². The summed E-state index contributed by atoms with van der Waals surface area (Å²) in [5.74, 6) is 0.800. The van der Waals surface area contributed by atoms with Crippen molar-refractivity contribution in [1.29, 1.82) is 0 Å². The molecule has 24 heavy (non-hydrogen) atoms. The molecule has 122 valence electrons. The molecule has 0 unspecified atom stereocenters. The van der Waals surface area contributed by atoms with E-state index in [2.05, 4.69) is 6.07 Å². The maximum Gasteiger partial charge on any atom is 0.165 e. The highest BCUT2D eigenvalue weighted by atomic mass is 32.2. The topological polar surface area (TPSA) is 34.1 Å². The van der Waals surface area contributed by atoms with E-state index in [1.54, 1.807) is 11.8 Å². The number of aryl methyl sites for hydroxylation is 1. The molecule has 2 nitrogen and oxygen atoms in total. The van der Waals surface area contributed by atoms with Crippen LogP contribution in [0.4, 0.5) is 0 Å². The number of fused-ring (bicyclic) bond motifs is 1. The van der Waals surface area contributed by atoms with Crippen molar-refractivity contribution in [3.8, 4) is 0 Å². The molecule has 2 aromatic carbocycles. The molecule has 0 atom stereocenters. The summed E-state index contributed by atoms with van der Waals surface area (Å²) in [6.45, 7) is 0. The number of ketones is 2. The van der Waals surface area contributed by atoms with Gasteiger partial charge in [-0.25, -0.2) is 0 Å². The van der Waals surface area contributed by atoms with Gasteiger partial charge in [-0.05, 0) is 49.1 Å². The molecule has 0 bridgehead atoms. The van der Waals surface area contributed by atoms with Crippen molar-refractivity contribution < 1.29 is 9.59 Å². The first kappa shape index (κ1) is 15.6. The van der Waals surface area contributed by atoms with Crippen LogP contribution >= 0.6 is 11.8 Å². The molecule has 0 heterocycles. The fraction of sp³-hybridized carbons (Fsp3) is 0.333. The van der Waals surface area contributed by atoms with Crippen LogP contribution in [-0.2, 0) is 6.42 Å². The number of benzene rings is 2. The fourth-order valence-corrected chi connectivity index (χ4v) is 4.62. The van der Waals surface area contributed by atoms with E-state index in [9.17, 15) is 9.59 Å². The molecule has 0 aliphatic heterocycles. The lowest BCUT2D eigenvalue weighted by Crippen LogP contribution is -2.10. The number of rotatable bonds is 4. The molecular formula is C21H20O2S. The smallest absolute Gasteiger partial charge is 0.165 e. The van der Waals surface area contributed by atoms with E-state index >= 15 is 0 Å². The minimum absolute atomic E-state index is 0.234. The largest absolute Gasteiger partial charge is 0.294 e. The zero-order valence-corrected chi connectivity index (χ0v) is 14.4. The third-order valence-electron chi connectivity index (χ3n) is 5.10. The Morgan fingerprint density at radius 2 is 1.62 bits per heavy atom. The van der Waals surface area contributed by atoms with Crippen molar-refractivity contribution in [2.75, 3.05) is 0 Å². The van der Waals surface area contributed by atoms with E-state index in [0.717, 1.165) is 45.7 Å². The summed E-state index contributed by atoms with van der Waals surface area (Å²) in [6.07, 6.45) is 5.96. The summed E-state index contributed by atoms with van der Waals surface area (Å²) in [6, 6.07) is 14.1. The van der Waals surface area contributed by atoms with Gasteiger partial charge in [0.25, 0.3) is 0 Å². The quantitative estimate of drug-likeness (QED) is 0.707. The van der Waals surface area contributed by atoms with E-state index < -0.39 is 0 Å². The van der Waals surface area contributed by atoms with E-state index in [1.807, 2.05) is 36.4 Å². The van der Waals surface area contributed by atoms with Gasteiger partial charge in [0, 0.05) is 33.3 Å². The second-order valence-corrected chi connectivity index (χ2v) is 7.86. The first-order valence-electron chi connectivity index (χ1n) is 8.69. The van der Waals surface area contributed by atoms with Crippen molar-refractivity contribution >= 4 is 23.3 Å². The van der Waals surface area contributed by atoms with Crippen LogP contribution in [0, 0.1) is 5.92 Å². The lowest BCUT2D eigenvalue weighted by atomic mass is 9.96. The van der Waals surface area contributed by atoms with E-state index in [-0.39, 0.29) is 11.7 Å². The minimum Gasteiger partial charge on any atom is -0.294 e. The van der Waals surface area contributed by atoms with Crippen molar-refractivity contribution in [2.45, 2.75) is 48.3 Å². The van der Waals surface area contributed by atoms with Gasteiger partial charge in [0.05, 0.1) is 0 Å². The predicted octanol–water partition coefficient (Wildman–Crippen LogP) is 5.34. The molecule has 0 radical (unpaired) electrons. The predicted molar refractivity (Wildman–Crippen MR) is 95.9 cm³/mol. The SMILES string of the molecule is O=C1CCc2cc(Sc3ccc(C(=O)C4CCCC4)cc3)ccc21. The second-order valence-electron chi connectivity index (χ2n) is 6.71. The summed E-state index contributed by atoms with van der Waals surface area (Å²) < 4.78 is 0. The average molecular weight is 336 g/mol. The van der Waals surface area contributed by atoms with Gasteiger partial charge in [-0.1, -0.05) is 42.8 Å². The van der Waals surface area contributed by atoms with Crippen LogP contribution in [0.25, 0.3) is 0 Å². The molecule has 1 fully saturated rings. The standard InChI is InChI=1S/C21H20O2S/c22-20-12-7-16-13-18(10-11-19(16)20)24-17-8-5-15(6-9-17)21(23)14-3-1-2-4-14/h5-6,8-11,13-14H,1-4,7,12H2. The Morgan fingerprint density at radius 1 is 0.917 bits per heavy atom. The Kier molecular flexibility index (Phi) is 4.28. The molecule has 2 aliphatic rings. The van der Waals surface area contributed by atoms with Gasteiger partial charge < -0.3 is 0 Å². The van der Waals surface area contributed by atoms with Gasteiger partial charge in [-0.2, -0.15) is 0 Å². The van der Waals surface area contributed by atoms with Crippen LogP contribution in [0.15, 0.2) is 52.3 Å². The summed E-state index contributed by atoms with van der Waals surface area (Å²) in [7, 11) is 0. The number of carbonyl (C=O) groups is 2. The van der Waals surface area contributed by atoms with Crippen molar-refractivity contribution in [2.24, 2.45) is 5.92 Å². The third kappa shape index (κ3) is 3.05. The monoisotopic (exact) mass is 336 g/mol. The molecule has 0 amide bonds. The molecule has 2 aliphatic carbocycles. The molecular weight excluding hydrogens is 316 g/mol. The third-order valence-corrected chi connectivity index (χ3v) is 6.10.